The van der Waals surface area contributed by atoms with Crippen molar-refractivity contribution in [2.45, 2.75) is 25.4 Å². The van der Waals surface area contributed by atoms with Gasteiger partial charge in [-0.3, -0.25) is 0 Å². The van der Waals surface area contributed by atoms with Crippen molar-refractivity contribution in [3.05, 3.63) is 70.5 Å². The van der Waals surface area contributed by atoms with Gasteiger partial charge in [0.25, 0.3) is 0 Å². The summed E-state index contributed by atoms with van der Waals surface area (Å²) in [5, 5.41) is 12.3. The summed E-state index contributed by atoms with van der Waals surface area (Å²) in [6, 6.07) is 14.6. The molecule has 4 heteroatoms. The number of halogens is 1. The molecule has 0 bridgehead atoms. The molecule has 1 N–H and O–H groups in total. The zero-order valence-electron chi connectivity index (χ0n) is 14.2. The summed E-state index contributed by atoms with van der Waals surface area (Å²) in [6.07, 6.45) is 1.94. The van der Waals surface area contributed by atoms with Gasteiger partial charge >= 0.3 is 0 Å². The number of hydrogen-bond acceptors (Lipinski definition) is 3. The third kappa shape index (κ3) is 4.64. The highest BCUT2D eigenvalue weighted by Gasteiger charge is 2.18. The van der Waals surface area contributed by atoms with Gasteiger partial charge in [0.2, 0.25) is 0 Å². The fraction of sp³-hybridized carbons (Fsp3) is 0.350. The zero-order valence-corrected chi connectivity index (χ0v) is 14.2. The lowest BCUT2D eigenvalue weighted by Crippen LogP contribution is -2.12. The van der Waals surface area contributed by atoms with E-state index in [0.29, 0.717) is 12.2 Å². The maximum Gasteiger partial charge on any atom is 0.123 e. The summed E-state index contributed by atoms with van der Waals surface area (Å²) in [4.78, 5) is 0. The quantitative estimate of drug-likeness (QED) is 0.747. The molecule has 1 atom stereocenters. The molecule has 3 nitrogen and oxygen atoms in total. The molecule has 2 aromatic rings. The van der Waals surface area contributed by atoms with Gasteiger partial charge in [0.1, 0.15) is 5.82 Å². The number of nitrogens with zero attached hydrogens (tertiary/aromatic N) is 1. The summed E-state index contributed by atoms with van der Waals surface area (Å²) in [5.41, 5.74) is 3.85. The molecule has 0 aliphatic heterocycles. The Balaban J connectivity index is 2.42. The Bertz CT molecular complexity index is 692. The molecule has 0 aliphatic rings. The number of methoxy groups -OCH3 is 1. The van der Waals surface area contributed by atoms with E-state index >= 15 is 0 Å². The minimum Gasteiger partial charge on any atom is -0.380 e. The Kier molecular flexibility index (Phi) is 6.92. The van der Waals surface area contributed by atoms with Crippen molar-refractivity contribution >= 4 is 0 Å². The van der Waals surface area contributed by atoms with E-state index < -0.39 is 0 Å². The van der Waals surface area contributed by atoms with Gasteiger partial charge in [-0.05, 0) is 67.4 Å². The predicted molar refractivity (Wildman–Crippen MR) is 93.3 cm³/mol. The lowest BCUT2D eigenvalue weighted by Gasteiger charge is -2.21. The smallest absolute Gasteiger partial charge is 0.123 e. The number of nitriles is 1. The van der Waals surface area contributed by atoms with Crippen LogP contribution in [0.15, 0.2) is 42.5 Å². The van der Waals surface area contributed by atoms with Gasteiger partial charge in [-0.1, -0.05) is 18.2 Å². The SMILES string of the molecule is CNCCCC(c1ccc(F)cc1)c1ccc(C#N)cc1COC. The number of rotatable bonds is 8. The summed E-state index contributed by atoms with van der Waals surface area (Å²) in [7, 11) is 3.59. The molecule has 2 aromatic carbocycles. The van der Waals surface area contributed by atoms with Crippen LogP contribution >= 0.6 is 0 Å². The molecule has 0 spiro atoms. The fourth-order valence-corrected chi connectivity index (χ4v) is 2.98. The van der Waals surface area contributed by atoms with E-state index in [1.807, 2.05) is 37.4 Å². The number of ether oxygens (including phenoxy) is 1. The molecule has 0 amide bonds. The molecule has 0 saturated heterocycles. The molecule has 0 aliphatic carbocycles. The normalized spacial score (nSPS) is 11.9. The van der Waals surface area contributed by atoms with Crippen LogP contribution in [-0.4, -0.2) is 20.7 Å². The van der Waals surface area contributed by atoms with E-state index in [-0.39, 0.29) is 11.7 Å². The molecule has 2 rings (SSSR count). The van der Waals surface area contributed by atoms with Crippen LogP contribution in [0.1, 0.15) is 41.0 Å². The first kappa shape index (κ1) is 18.1. The van der Waals surface area contributed by atoms with Crippen molar-refractivity contribution in [2.75, 3.05) is 20.7 Å². The fourth-order valence-electron chi connectivity index (χ4n) is 2.98. The second-order valence-corrected chi connectivity index (χ2v) is 5.81. The Morgan fingerprint density at radius 2 is 1.96 bits per heavy atom. The van der Waals surface area contributed by atoms with Crippen LogP contribution in [0, 0.1) is 17.1 Å². The van der Waals surface area contributed by atoms with Crippen molar-refractivity contribution in [1.29, 1.82) is 5.26 Å². The molecule has 24 heavy (non-hydrogen) atoms. The van der Waals surface area contributed by atoms with Crippen LogP contribution in [0.5, 0.6) is 0 Å². The third-order valence-corrected chi connectivity index (χ3v) is 4.14. The molecular formula is C20H23FN2O. The van der Waals surface area contributed by atoms with Gasteiger partial charge in [-0.15, -0.1) is 0 Å². The second-order valence-electron chi connectivity index (χ2n) is 5.81. The van der Waals surface area contributed by atoms with Gasteiger partial charge in [-0.25, -0.2) is 4.39 Å². The summed E-state index contributed by atoms with van der Waals surface area (Å²) in [6.45, 7) is 1.38. The Morgan fingerprint density at radius 1 is 1.21 bits per heavy atom. The van der Waals surface area contributed by atoms with Crippen LogP contribution in [0.4, 0.5) is 4.39 Å². The summed E-state index contributed by atoms with van der Waals surface area (Å²) >= 11 is 0. The van der Waals surface area contributed by atoms with Crippen LogP contribution in [0.25, 0.3) is 0 Å². The average Bonchev–Trinajstić information content (AvgIpc) is 2.60. The lowest BCUT2D eigenvalue weighted by molar-refractivity contribution is 0.184. The van der Waals surface area contributed by atoms with E-state index in [0.717, 1.165) is 36.1 Å². The van der Waals surface area contributed by atoms with Crippen molar-refractivity contribution in [3.8, 4) is 6.07 Å². The average molecular weight is 326 g/mol. The van der Waals surface area contributed by atoms with Gasteiger partial charge in [0, 0.05) is 13.0 Å². The topological polar surface area (TPSA) is 45.0 Å². The molecule has 1 unspecified atom stereocenters. The molecule has 0 radical (unpaired) electrons. The van der Waals surface area contributed by atoms with Gasteiger partial charge in [0.15, 0.2) is 0 Å². The number of benzene rings is 2. The highest BCUT2D eigenvalue weighted by molar-refractivity contribution is 5.43. The highest BCUT2D eigenvalue weighted by Crippen LogP contribution is 2.32. The largest absolute Gasteiger partial charge is 0.380 e. The first-order chi connectivity index (χ1) is 11.7. The first-order valence-corrected chi connectivity index (χ1v) is 8.11. The van der Waals surface area contributed by atoms with Gasteiger partial charge in [-0.2, -0.15) is 5.26 Å². The molecule has 0 heterocycles. The van der Waals surface area contributed by atoms with Gasteiger partial charge in [0.05, 0.1) is 18.2 Å². The molecular weight excluding hydrogens is 303 g/mol. The third-order valence-electron chi connectivity index (χ3n) is 4.14. The Morgan fingerprint density at radius 3 is 2.58 bits per heavy atom. The van der Waals surface area contributed by atoms with Crippen LogP contribution < -0.4 is 5.32 Å². The number of hydrogen-bond donors (Lipinski definition) is 1. The van der Waals surface area contributed by atoms with E-state index in [1.54, 1.807) is 7.11 Å². The Hall–Kier alpha value is -2.22. The van der Waals surface area contributed by atoms with Crippen molar-refractivity contribution in [1.82, 2.24) is 5.32 Å². The molecule has 126 valence electrons. The van der Waals surface area contributed by atoms with Crippen molar-refractivity contribution in [3.63, 3.8) is 0 Å². The summed E-state index contributed by atoms with van der Waals surface area (Å²) < 4.78 is 18.6. The van der Waals surface area contributed by atoms with Crippen molar-refractivity contribution < 1.29 is 9.13 Å². The van der Waals surface area contributed by atoms with E-state index in [4.69, 9.17) is 10.00 Å². The molecule has 0 aromatic heterocycles. The summed E-state index contributed by atoms with van der Waals surface area (Å²) in [5.74, 6) is -0.0819. The highest BCUT2D eigenvalue weighted by atomic mass is 19.1. The predicted octanol–water partition coefficient (Wildman–Crippen LogP) is 3.98. The first-order valence-electron chi connectivity index (χ1n) is 8.11. The van der Waals surface area contributed by atoms with E-state index in [9.17, 15) is 4.39 Å². The maximum absolute atomic E-state index is 13.3. The molecule has 0 saturated carbocycles. The monoisotopic (exact) mass is 326 g/mol. The standard InChI is InChI=1S/C20H23FN2O/c1-23-11-3-4-19(16-6-8-18(21)9-7-16)20-10-5-15(13-22)12-17(20)14-24-2/h5-10,12,19,23H,3-4,11,14H2,1-2H3. The van der Waals surface area contributed by atoms with Crippen LogP contribution in [0.2, 0.25) is 0 Å². The van der Waals surface area contributed by atoms with Crippen molar-refractivity contribution in [2.24, 2.45) is 0 Å². The van der Waals surface area contributed by atoms with E-state index in [1.165, 1.54) is 12.1 Å². The Labute approximate surface area is 143 Å². The van der Waals surface area contributed by atoms with Crippen LogP contribution in [-0.2, 0) is 11.3 Å². The second kappa shape index (κ2) is 9.17. The van der Waals surface area contributed by atoms with Gasteiger partial charge < -0.3 is 10.1 Å². The zero-order chi connectivity index (χ0) is 17.4. The van der Waals surface area contributed by atoms with Crippen LogP contribution in [0.3, 0.4) is 0 Å². The minimum absolute atomic E-state index is 0.150. The molecule has 0 fully saturated rings. The number of nitrogens with one attached hydrogen (secondary N) is 1. The minimum atomic E-state index is -0.232. The maximum atomic E-state index is 13.3. The van der Waals surface area contributed by atoms with E-state index in [2.05, 4.69) is 11.4 Å². The lowest BCUT2D eigenvalue weighted by atomic mass is 9.84.